The fourth-order valence-electron chi connectivity index (χ4n) is 3.09. The Hall–Kier alpha value is -2.38. The summed E-state index contributed by atoms with van der Waals surface area (Å²) < 4.78 is 25.0. The predicted octanol–water partition coefficient (Wildman–Crippen LogP) is 3.05. The van der Waals surface area contributed by atoms with E-state index in [2.05, 4.69) is 22.3 Å². The molecule has 0 spiro atoms. The molecule has 164 valence electrons. The van der Waals surface area contributed by atoms with Crippen molar-refractivity contribution in [1.82, 2.24) is 15.1 Å². The van der Waals surface area contributed by atoms with Crippen LogP contribution in [0.5, 0.6) is 0 Å². The minimum Gasteiger partial charge on any atom is -0.337 e. The van der Waals surface area contributed by atoms with E-state index in [9.17, 15) is 13.2 Å². The first kappa shape index (κ1) is 23.9. The molecule has 2 rings (SSSR count). The molecule has 0 saturated carbocycles. The minimum absolute atomic E-state index is 0.0909. The zero-order chi connectivity index (χ0) is 22.0. The summed E-state index contributed by atoms with van der Waals surface area (Å²) in [5, 5.41) is 2.92. The zero-order valence-corrected chi connectivity index (χ0v) is 18.9. The highest BCUT2D eigenvalue weighted by Crippen LogP contribution is 2.11. The van der Waals surface area contributed by atoms with Gasteiger partial charge in [0, 0.05) is 32.2 Å². The second-order valence-corrected chi connectivity index (χ2v) is 9.80. The maximum Gasteiger partial charge on any atom is 0.317 e. The number of sulfone groups is 1. The van der Waals surface area contributed by atoms with Gasteiger partial charge >= 0.3 is 6.03 Å². The van der Waals surface area contributed by atoms with Gasteiger partial charge in [0.1, 0.15) is 0 Å². The molecule has 0 radical (unpaired) electrons. The molecule has 0 unspecified atom stereocenters. The van der Waals surface area contributed by atoms with E-state index in [0.29, 0.717) is 6.54 Å². The second kappa shape index (κ2) is 11.7. The molecule has 30 heavy (non-hydrogen) atoms. The Bertz CT molecular complexity index is 871. The summed E-state index contributed by atoms with van der Waals surface area (Å²) in [5.41, 5.74) is 1.29. The van der Waals surface area contributed by atoms with E-state index in [1.165, 1.54) is 5.56 Å². The van der Waals surface area contributed by atoms with Crippen LogP contribution in [0, 0.1) is 0 Å². The largest absolute Gasteiger partial charge is 0.337 e. The van der Waals surface area contributed by atoms with Crippen molar-refractivity contribution >= 4 is 15.9 Å². The van der Waals surface area contributed by atoms with Crippen molar-refractivity contribution in [2.45, 2.75) is 31.2 Å². The molecule has 0 aliphatic rings. The number of nitrogens with one attached hydrogen (secondary N) is 1. The molecule has 1 N–H and O–H groups in total. The maximum atomic E-state index is 12.6. The second-order valence-electron chi connectivity index (χ2n) is 7.69. The van der Waals surface area contributed by atoms with Gasteiger partial charge in [-0.15, -0.1) is 0 Å². The van der Waals surface area contributed by atoms with Crippen LogP contribution in [0.1, 0.15) is 19.4 Å². The summed E-state index contributed by atoms with van der Waals surface area (Å²) in [6.07, 6.45) is 0.959. The highest BCUT2D eigenvalue weighted by molar-refractivity contribution is 7.91. The van der Waals surface area contributed by atoms with E-state index in [4.69, 9.17) is 0 Å². The number of benzene rings is 2. The number of hydrogen-bond acceptors (Lipinski definition) is 4. The molecule has 0 bridgehead atoms. The van der Waals surface area contributed by atoms with Crippen molar-refractivity contribution in [3.63, 3.8) is 0 Å². The van der Waals surface area contributed by atoms with E-state index in [-0.39, 0.29) is 29.3 Å². The Morgan fingerprint density at radius 2 is 1.53 bits per heavy atom. The van der Waals surface area contributed by atoms with Crippen molar-refractivity contribution in [2.75, 3.05) is 39.0 Å². The fourth-order valence-corrected chi connectivity index (χ4v) is 4.33. The molecule has 0 aliphatic carbocycles. The van der Waals surface area contributed by atoms with E-state index in [1.807, 2.05) is 39.1 Å². The number of hydrogen-bond donors (Lipinski definition) is 1. The third-order valence-corrected chi connectivity index (χ3v) is 6.69. The molecule has 0 fully saturated rings. The molecule has 0 aliphatic heterocycles. The number of likely N-dealkylation sites (N-methyl/N-ethyl adjacent to an activating group) is 1. The first-order valence-electron chi connectivity index (χ1n) is 10.3. The summed E-state index contributed by atoms with van der Waals surface area (Å²) in [4.78, 5) is 16.6. The molecule has 2 amide bonds. The van der Waals surface area contributed by atoms with Crippen molar-refractivity contribution < 1.29 is 13.2 Å². The molecular weight excluding hydrogens is 398 g/mol. The minimum atomic E-state index is -3.42. The van der Waals surface area contributed by atoms with Crippen LogP contribution < -0.4 is 5.32 Å². The van der Waals surface area contributed by atoms with Crippen LogP contribution in [0.15, 0.2) is 65.6 Å². The van der Waals surface area contributed by atoms with E-state index >= 15 is 0 Å². The van der Waals surface area contributed by atoms with Crippen LogP contribution in [0.2, 0.25) is 0 Å². The SMILES string of the molecule is CC(C)N(CCS(=O)(=O)c1ccccc1)C(=O)NCCN(C)CCc1ccccc1. The molecule has 0 atom stereocenters. The number of nitrogens with zero attached hydrogens (tertiary/aromatic N) is 2. The molecule has 7 heteroatoms. The molecule has 0 aromatic heterocycles. The van der Waals surface area contributed by atoms with Gasteiger partial charge in [-0.3, -0.25) is 0 Å². The van der Waals surface area contributed by atoms with Crippen molar-refractivity contribution in [3.8, 4) is 0 Å². The molecule has 2 aromatic rings. The number of urea groups is 1. The lowest BCUT2D eigenvalue weighted by Gasteiger charge is -2.27. The number of carbonyl (C=O) groups excluding carboxylic acids is 1. The summed E-state index contributed by atoms with van der Waals surface area (Å²) in [6, 6.07) is 18.3. The topological polar surface area (TPSA) is 69.7 Å². The monoisotopic (exact) mass is 431 g/mol. The van der Waals surface area contributed by atoms with Crippen LogP contribution >= 0.6 is 0 Å². The quantitative estimate of drug-likeness (QED) is 0.594. The molecule has 0 saturated heterocycles. The average molecular weight is 432 g/mol. The highest BCUT2D eigenvalue weighted by atomic mass is 32.2. The van der Waals surface area contributed by atoms with Gasteiger partial charge in [0.05, 0.1) is 10.6 Å². The summed E-state index contributed by atoms with van der Waals surface area (Å²) in [7, 11) is -1.39. The van der Waals surface area contributed by atoms with E-state index < -0.39 is 9.84 Å². The Labute approximate surface area is 180 Å². The lowest BCUT2D eigenvalue weighted by atomic mass is 10.1. The van der Waals surface area contributed by atoms with Gasteiger partial charge < -0.3 is 15.1 Å². The van der Waals surface area contributed by atoms with Crippen LogP contribution in [0.4, 0.5) is 4.79 Å². The molecule has 0 heterocycles. The predicted molar refractivity (Wildman–Crippen MR) is 121 cm³/mol. The van der Waals surface area contributed by atoms with Gasteiger partial charge in [-0.25, -0.2) is 13.2 Å². The Morgan fingerprint density at radius 3 is 2.13 bits per heavy atom. The molecule has 6 nitrogen and oxygen atoms in total. The lowest BCUT2D eigenvalue weighted by molar-refractivity contribution is 0.185. The summed E-state index contributed by atoms with van der Waals surface area (Å²) in [5.74, 6) is -0.0976. The normalized spacial score (nSPS) is 11.6. The number of rotatable bonds is 11. The highest BCUT2D eigenvalue weighted by Gasteiger charge is 2.21. The third-order valence-electron chi connectivity index (χ3n) is 4.98. The van der Waals surface area contributed by atoms with Crippen molar-refractivity contribution in [1.29, 1.82) is 0 Å². The van der Waals surface area contributed by atoms with Gasteiger partial charge in [-0.1, -0.05) is 48.5 Å². The van der Waals surface area contributed by atoms with Gasteiger partial charge in [0.25, 0.3) is 0 Å². The number of amides is 2. The average Bonchev–Trinajstić information content (AvgIpc) is 2.73. The van der Waals surface area contributed by atoms with Crippen LogP contribution in [-0.2, 0) is 16.3 Å². The maximum absolute atomic E-state index is 12.6. The zero-order valence-electron chi connectivity index (χ0n) is 18.1. The lowest BCUT2D eigenvalue weighted by Crippen LogP contribution is -2.47. The van der Waals surface area contributed by atoms with E-state index in [0.717, 1.165) is 19.5 Å². The summed E-state index contributed by atoms with van der Waals surface area (Å²) >= 11 is 0. The first-order valence-corrected chi connectivity index (χ1v) is 12.0. The Balaban J connectivity index is 1.78. The van der Waals surface area contributed by atoms with Crippen molar-refractivity contribution in [3.05, 3.63) is 66.2 Å². The molecule has 2 aromatic carbocycles. The smallest absolute Gasteiger partial charge is 0.317 e. The van der Waals surface area contributed by atoms with Gasteiger partial charge in [0.15, 0.2) is 9.84 Å². The third kappa shape index (κ3) is 7.80. The van der Waals surface area contributed by atoms with Gasteiger partial charge in [-0.2, -0.15) is 0 Å². The van der Waals surface area contributed by atoms with Crippen LogP contribution in [0.3, 0.4) is 0 Å². The summed E-state index contributed by atoms with van der Waals surface area (Å²) in [6.45, 7) is 6.08. The van der Waals surface area contributed by atoms with E-state index in [1.54, 1.807) is 35.2 Å². The Morgan fingerprint density at radius 1 is 0.933 bits per heavy atom. The van der Waals surface area contributed by atoms with Gasteiger partial charge in [-0.05, 0) is 45.0 Å². The van der Waals surface area contributed by atoms with Gasteiger partial charge in [0.2, 0.25) is 0 Å². The molecular formula is C23H33N3O3S. The van der Waals surface area contributed by atoms with Crippen LogP contribution in [0.25, 0.3) is 0 Å². The fraction of sp³-hybridized carbons (Fsp3) is 0.435. The van der Waals surface area contributed by atoms with Crippen LogP contribution in [-0.4, -0.2) is 69.3 Å². The number of carbonyl (C=O) groups is 1. The Kier molecular flexibility index (Phi) is 9.33. The van der Waals surface area contributed by atoms with Crippen molar-refractivity contribution in [2.24, 2.45) is 0 Å². The first-order chi connectivity index (χ1) is 14.3. The standard InChI is InChI=1S/C23H33N3O3S/c1-20(2)26(18-19-30(28,29)22-12-8-5-9-13-22)23(27)24-15-17-25(3)16-14-21-10-6-4-7-11-21/h4-13,20H,14-19H2,1-3H3,(H,24,27).